The van der Waals surface area contributed by atoms with Crippen molar-refractivity contribution < 1.29 is 14.2 Å². The molecular formula is C23H45N3O3. The number of nitrogens with zero attached hydrogens (tertiary/aromatic N) is 3. The van der Waals surface area contributed by atoms with E-state index >= 15 is 0 Å². The van der Waals surface area contributed by atoms with Crippen molar-refractivity contribution in [2.75, 3.05) is 59.2 Å². The fourth-order valence-electron chi connectivity index (χ4n) is 5.29. The van der Waals surface area contributed by atoms with Crippen molar-refractivity contribution in [1.82, 2.24) is 14.7 Å². The van der Waals surface area contributed by atoms with Gasteiger partial charge in [0.2, 0.25) is 0 Å². The molecule has 170 valence electrons. The molecule has 0 N–H and O–H groups in total. The van der Waals surface area contributed by atoms with E-state index in [4.69, 9.17) is 14.2 Å². The fraction of sp³-hybridized carbons (Fsp3) is 1.00. The lowest BCUT2D eigenvalue weighted by atomic mass is 9.98. The Morgan fingerprint density at radius 2 is 1.52 bits per heavy atom. The average molecular weight is 412 g/mol. The molecule has 0 saturated carbocycles. The molecular weight excluding hydrogens is 366 g/mol. The largest absolute Gasteiger partial charge is 0.379 e. The Labute approximate surface area is 178 Å². The number of hydrogen-bond donors (Lipinski definition) is 0. The third-order valence-corrected chi connectivity index (χ3v) is 7.35. The van der Waals surface area contributed by atoms with E-state index in [2.05, 4.69) is 49.3 Å². The summed E-state index contributed by atoms with van der Waals surface area (Å²) in [6.07, 6.45) is 4.18. The zero-order chi connectivity index (χ0) is 20.8. The van der Waals surface area contributed by atoms with E-state index in [0.29, 0.717) is 36.4 Å². The summed E-state index contributed by atoms with van der Waals surface area (Å²) < 4.78 is 17.8. The highest BCUT2D eigenvalue weighted by molar-refractivity contribution is 4.87. The van der Waals surface area contributed by atoms with Crippen molar-refractivity contribution in [2.24, 2.45) is 0 Å². The van der Waals surface area contributed by atoms with Crippen molar-refractivity contribution in [1.29, 1.82) is 0 Å². The topological polar surface area (TPSA) is 37.4 Å². The Morgan fingerprint density at radius 1 is 0.828 bits per heavy atom. The molecule has 3 aliphatic rings. The van der Waals surface area contributed by atoms with Crippen LogP contribution in [0.15, 0.2) is 0 Å². The lowest BCUT2D eigenvalue weighted by Gasteiger charge is -2.44. The summed E-state index contributed by atoms with van der Waals surface area (Å²) in [5.74, 6) is 0. The first kappa shape index (κ1) is 23.4. The molecule has 0 aromatic heterocycles. The van der Waals surface area contributed by atoms with Crippen molar-refractivity contribution in [3.05, 3.63) is 0 Å². The molecule has 0 aromatic rings. The second-order valence-corrected chi connectivity index (χ2v) is 9.63. The smallest absolute Gasteiger partial charge is 0.0743 e. The quantitative estimate of drug-likeness (QED) is 0.611. The molecule has 3 rings (SSSR count). The lowest BCUT2D eigenvalue weighted by Crippen LogP contribution is -2.55. The minimum atomic E-state index is 0.337. The van der Waals surface area contributed by atoms with Crippen LogP contribution >= 0.6 is 0 Å². The molecule has 5 unspecified atom stereocenters. The molecule has 5 atom stereocenters. The molecule has 0 bridgehead atoms. The first-order valence-electron chi connectivity index (χ1n) is 12.0. The van der Waals surface area contributed by atoms with E-state index in [1.54, 1.807) is 0 Å². The summed E-state index contributed by atoms with van der Waals surface area (Å²) in [6.45, 7) is 20.5. The van der Waals surface area contributed by atoms with Crippen LogP contribution in [0.2, 0.25) is 0 Å². The summed E-state index contributed by atoms with van der Waals surface area (Å²) in [5.41, 5.74) is 0. The maximum atomic E-state index is 6.19. The molecule has 0 aromatic carbocycles. The van der Waals surface area contributed by atoms with Gasteiger partial charge in [0.25, 0.3) is 0 Å². The first-order valence-corrected chi connectivity index (χ1v) is 12.0. The predicted octanol–water partition coefficient (Wildman–Crippen LogP) is 2.46. The SMILES string of the molecule is CC(CCC1CN(C(C)CC2OCCN(C(C)C)C2C)CCO1)N1CCOCC1. The van der Waals surface area contributed by atoms with Crippen LogP contribution in [0.5, 0.6) is 0 Å². The Kier molecular flexibility index (Phi) is 9.21. The van der Waals surface area contributed by atoms with Gasteiger partial charge in [-0.1, -0.05) is 0 Å². The van der Waals surface area contributed by atoms with Crippen LogP contribution in [0.1, 0.15) is 53.9 Å². The molecule has 3 saturated heterocycles. The van der Waals surface area contributed by atoms with E-state index in [1.165, 1.54) is 6.42 Å². The molecule has 3 fully saturated rings. The minimum Gasteiger partial charge on any atom is -0.379 e. The second-order valence-electron chi connectivity index (χ2n) is 9.63. The van der Waals surface area contributed by atoms with E-state index in [0.717, 1.165) is 72.0 Å². The van der Waals surface area contributed by atoms with Crippen LogP contribution in [0.3, 0.4) is 0 Å². The summed E-state index contributed by atoms with van der Waals surface area (Å²) in [7, 11) is 0. The molecule has 6 nitrogen and oxygen atoms in total. The molecule has 3 heterocycles. The van der Waals surface area contributed by atoms with Crippen LogP contribution in [-0.2, 0) is 14.2 Å². The van der Waals surface area contributed by atoms with E-state index in [1.807, 2.05) is 0 Å². The third kappa shape index (κ3) is 6.62. The van der Waals surface area contributed by atoms with Crippen molar-refractivity contribution in [2.45, 2.75) is 90.3 Å². The van der Waals surface area contributed by atoms with Gasteiger partial charge in [0, 0.05) is 56.9 Å². The third-order valence-electron chi connectivity index (χ3n) is 7.35. The van der Waals surface area contributed by atoms with Gasteiger partial charge < -0.3 is 14.2 Å². The molecule has 0 radical (unpaired) electrons. The van der Waals surface area contributed by atoms with Crippen molar-refractivity contribution in [3.8, 4) is 0 Å². The molecule has 0 spiro atoms. The molecule has 0 aliphatic carbocycles. The van der Waals surface area contributed by atoms with Crippen LogP contribution in [-0.4, -0.2) is 110 Å². The Bertz CT molecular complexity index is 472. The molecule has 3 aliphatic heterocycles. The Morgan fingerprint density at radius 3 is 2.24 bits per heavy atom. The zero-order valence-corrected chi connectivity index (χ0v) is 19.5. The molecule has 0 amide bonds. The Balaban J connectivity index is 1.43. The molecule has 29 heavy (non-hydrogen) atoms. The average Bonchev–Trinajstić information content (AvgIpc) is 2.74. The normalized spacial score (nSPS) is 33.1. The highest BCUT2D eigenvalue weighted by Crippen LogP contribution is 2.24. The number of ether oxygens (including phenoxy) is 3. The van der Waals surface area contributed by atoms with Gasteiger partial charge in [-0.05, 0) is 53.9 Å². The maximum Gasteiger partial charge on any atom is 0.0743 e. The summed E-state index contributed by atoms with van der Waals surface area (Å²) in [4.78, 5) is 7.79. The van der Waals surface area contributed by atoms with Crippen LogP contribution in [0.4, 0.5) is 0 Å². The summed E-state index contributed by atoms with van der Waals surface area (Å²) in [6, 6.07) is 2.25. The maximum absolute atomic E-state index is 6.19. The highest BCUT2D eigenvalue weighted by atomic mass is 16.5. The van der Waals surface area contributed by atoms with Gasteiger partial charge in [-0.25, -0.2) is 0 Å². The van der Waals surface area contributed by atoms with Crippen LogP contribution in [0.25, 0.3) is 0 Å². The Hall–Kier alpha value is -0.240. The van der Waals surface area contributed by atoms with Gasteiger partial charge in [-0.15, -0.1) is 0 Å². The van der Waals surface area contributed by atoms with Crippen molar-refractivity contribution >= 4 is 0 Å². The van der Waals surface area contributed by atoms with Crippen molar-refractivity contribution in [3.63, 3.8) is 0 Å². The minimum absolute atomic E-state index is 0.337. The fourth-order valence-corrected chi connectivity index (χ4v) is 5.29. The van der Waals surface area contributed by atoms with Gasteiger partial charge in [0.15, 0.2) is 0 Å². The monoisotopic (exact) mass is 411 g/mol. The lowest BCUT2D eigenvalue weighted by molar-refractivity contribution is -0.0964. The van der Waals surface area contributed by atoms with Gasteiger partial charge in [0.05, 0.1) is 38.6 Å². The zero-order valence-electron chi connectivity index (χ0n) is 19.5. The second kappa shape index (κ2) is 11.4. The van der Waals surface area contributed by atoms with E-state index < -0.39 is 0 Å². The predicted molar refractivity (Wildman–Crippen MR) is 118 cm³/mol. The molecule has 6 heteroatoms. The van der Waals surface area contributed by atoms with Gasteiger partial charge in [0.1, 0.15) is 0 Å². The standard InChI is InChI=1S/C23H45N3O3/c1-18(2)26-11-15-29-23(21(26)5)16-20(4)25-10-14-28-22(17-25)7-6-19(3)24-8-12-27-13-9-24/h18-23H,6-17H2,1-5H3. The van der Waals surface area contributed by atoms with E-state index in [-0.39, 0.29) is 0 Å². The van der Waals surface area contributed by atoms with E-state index in [9.17, 15) is 0 Å². The van der Waals surface area contributed by atoms with Gasteiger partial charge in [-0.2, -0.15) is 0 Å². The van der Waals surface area contributed by atoms with Gasteiger partial charge in [-0.3, -0.25) is 14.7 Å². The first-order chi connectivity index (χ1) is 14.0. The summed E-state index contributed by atoms with van der Waals surface area (Å²) >= 11 is 0. The van der Waals surface area contributed by atoms with Gasteiger partial charge >= 0.3 is 0 Å². The number of hydrogen-bond acceptors (Lipinski definition) is 6. The highest BCUT2D eigenvalue weighted by Gasteiger charge is 2.33. The summed E-state index contributed by atoms with van der Waals surface area (Å²) in [5, 5.41) is 0. The number of morpholine rings is 3. The number of rotatable bonds is 8. The van der Waals surface area contributed by atoms with Crippen LogP contribution < -0.4 is 0 Å². The van der Waals surface area contributed by atoms with Crippen LogP contribution in [0, 0.1) is 0 Å².